The summed E-state index contributed by atoms with van der Waals surface area (Å²) >= 11 is 7.29. The molecule has 0 atom stereocenters. The number of anilines is 1. The smallest absolute Gasteiger partial charge is 0.311 e. The van der Waals surface area contributed by atoms with E-state index in [1.165, 1.54) is 11.3 Å². The molecule has 5 nitrogen and oxygen atoms in total. The Labute approximate surface area is 137 Å². The molecule has 0 bridgehead atoms. The molecule has 0 aliphatic heterocycles. The number of ether oxygens (including phenoxy) is 1. The molecule has 1 amide bonds. The van der Waals surface area contributed by atoms with Gasteiger partial charge in [-0.05, 0) is 18.6 Å². The van der Waals surface area contributed by atoms with Gasteiger partial charge in [0.1, 0.15) is 0 Å². The van der Waals surface area contributed by atoms with Crippen molar-refractivity contribution < 1.29 is 14.3 Å². The van der Waals surface area contributed by atoms with E-state index in [0.29, 0.717) is 22.5 Å². The Morgan fingerprint density at radius 3 is 2.82 bits per heavy atom. The molecule has 0 aliphatic rings. The molecule has 1 N–H and O–H groups in total. The Morgan fingerprint density at radius 2 is 2.09 bits per heavy atom. The van der Waals surface area contributed by atoms with Gasteiger partial charge in [0.25, 0.3) is 0 Å². The number of aromatic nitrogens is 1. The summed E-state index contributed by atoms with van der Waals surface area (Å²) in [7, 11) is 0. The first kappa shape index (κ1) is 16.5. The fourth-order valence-electron chi connectivity index (χ4n) is 1.78. The molecule has 0 saturated heterocycles. The summed E-state index contributed by atoms with van der Waals surface area (Å²) in [6, 6.07) is 7.18. The van der Waals surface area contributed by atoms with Gasteiger partial charge in [-0.2, -0.15) is 0 Å². The van der Waals surface area contributed by atoms with E-state index in [9.17, 15) is 9.59 Å². The van der Waals surface area contributed by atoms with Crippen LogP contribution < -0.4 is 5.32 Å². The van der Waals surface area contributed by atoms with Gasteiger partial charge in [0.15, 0.2) is 5.13 Å². The number of carbonyl (C=O) groups is 2. The van der Waals surface area contributed by atoms with Crippen molar-refractivity contribution in [1.29, 1.82) is 0 Å². The van der Waals surface area contributed by atoms with E-state index in [1.807, 2.05) is 12.1 Å². The molecule has 0 radical (unpaired) electrons. The second kappa shape index (κ2) is 7.91. The van der Waals surface area contributed by atoms with Crippen LogP contribution in [0.25, 0.3) is 0 Å². The number of esters is 1. The second-order valence-corrected chi connectivity index (χ2v) is 5.71. The topological polar surface area (TPSA) is 68.3 Å². The molecule has 116 valence electrons. The average molecular weight is 339 g/mol. The van der Waals surface area contributed by atoms with Gasteiger partial charge in [0, 0.05) is 10.4 Å². The number of nitrogens with zero attached hydrogens (tertiary/aromatic N) is 1. The molecule has 22 heavy (non-hydrogen) atoms. The molecular formula is C15H15ClN2O3S. The summed E-state index contributed by atoms with van der Waals surface area (Å²) in [6.45, 7) is 2.09. The Balaban J connectivity index is 1.91. The highest BCUT2D eigenvalue weighted by Crippen LogP contribution is 2.18. The molecular weight excluding hydrogens is 324 g/mol. The number of amides is 1. The molecule has 0 fully saturated rings. The van der Waals surface area contributed by atoms with Crippen LogP contribution >= 0.6 is 22.9 Å². The van der Waals surface area contributed by atoms with Crippen LogP contribution in [0.15, 0.2) is 29.6 Å². The predicted molar refractivity (Wildman–Crippen MR) is 86.2 cm³/mol. The fourth-order valence-corrected chi connectivity index (χ4v) is 2.71. The summed E-state index contributed by atoms with van der Waals surface area (Å²) in [5.41, 5.74) is 1.33. The lowest BCUT2D eigenvalue weighted by Crippen LogP contribution is -2.14. The molecule has 2 rings (SSSR count). The van der Waals surface area contributed by atoms with Gasteiger partial charge >= 0.3 is 5.97 Å². The molecule has 1 aromatic carbocycles. The predicted octanol–water partition coefficient (Wildman–Crippen LogP) is 3.08. The second-order valence-electron chi connectivity index (χ2n) is 4.44. The van der Waals surface area contributed by atoms with Crippen molar-refractivity contribution in [1.82, 2.24) is 4.98 Å². The molecule has 7 heteroatoms. The number of carbonyl (C=O) groups excluding carboxylic acids is 2. The summed E-state index contributed by atoms with van der Waals surface area (Å²) in [5, 5.41) is 5.44. The van der Waals surface area contributed by atoms with E-state index in [2.05, 4.69) is 10.3 Å². The maximum atomic E-state index is 12.0. The minimum absolute atomic E-state index is 0.102. The summed E-state index contributed by atoms with van der Waals surface area (Å²) in [4.78, 5) is 27.5. The molecule has 0 aliphatic carbocycles. The number of thiazole rings is 1. The number of hydrogen-bond donors (Lipinski definition) is 1. The van der Waals surface area contributed by atoms with E-state index in [1.54, 1.807) is 24.4 Å². The third-order valence-electron chi connectivity index (χ3n) is 2.74. The van der Waals surface area contributed by atoms with Gasteiger partial charge < -0.3 is 10.1 Å². The number of rotatable bonds is 6. The lowest BCUT2D eigenvalue weighted by Gasteiger charge is -2.03. The van der Waals surface area contributed by atoms with Gasteiger partial charge in [0.05, 0.1) is 25.1 Å². The number of hydrogen-bond acceptors (Lipinski definition) is 5. The Kier molecular flexibility index (Phi) is 5.91. The van der Waals surface area contributed by atoms with Crippen molar-refractivity contribution in [2.75, 3.05) is 11.9 Å². The number of nitrogens with one attached hydrogen (secondary N) is 1. The first-order valence-electron chi connectivity index (χ1n) is 6.71. The monoisotopic (exact) mass is 338 g/mol. The van der Waals surface area contributed by atoms with Crippen LogP contribution in [0, 0.1) is 0 Å². The Hall–Kier alpha value is -1.92. The largest absolute Gasteiger partial charge is 0.466 e. The molecule has 0 spiro atoms. The quantitative estimate of drug-likeness (QED) is 0.822. The highest BCUT2D eigenvalue weighted by atomic mass is 35.5. The molecule has 0 unspecified atom stereocenters. The minimum atomic E-state index is -0.332. The highest BCUT2D eigenvalue weighted by Gasteiger charge is 2.11. The van der Waals surface area contributed by atoms with E-state index >= 15 is 0 Å². The zero-order valence-corrected chi connectivity index (χ0v) is 13.5. The third-order valence-corrected chi connectivity index (χ3v) is 3.91. The Bertz CT molecular complexity index is 672. The van der Waals surface area contributed by atoms with Gasteiger partial charge in [-0.3, -0.25) is 9.59 Å². The van der Waals surface area contributed by atoms with E-state index < -0.39 is 0 Å². The van der Waals surface area contributed by atoms with Gasteiger partial charge in [-0.25, -0.2) is 4.98 Å². The van der Waals surface area contributed by atoms with E-state index in [4.69, 9.17) is 16.3 Å². The van der Waals surface area contributed by atoms with Crippen LogP contribution in [0.5, 0.6) is 0 Å². The fraction of sp³-hybridized carbons (Fsp3) is 0.267. The van der Waals surface area contributed by atoms with Crippen molar-refractivity contribution in [2.45, 2.75) is 19.8 Å². The maximum absolute atomic E-state index is 12.0. The van der Waals surface area contributed by atoms with Gasteiger partial charge in [-0.1, -0.05) is 29.8 Å². The van der Waals surface area contributed by atoms with Crippen molar-refractivity contribution in [3.63, 3.8) is 0 Å². The lowest BCUT2D eigenvalue weighted by atomic mass is 10.1. The molecule has 0 saturated carbocycles. The maximum Gasteiger partial charge on any atom is 0.311 e. The van der Waals surface area contributed by atoms with Crippen LogP contribution in [0.3, 0.4) is 0 Å². The van der Waals surface area contributed by atoms with Crippen molar-refractivity contribution >= 4 is 39.9 Å². The van der Waals surface area contributed by atoms with Crippen LogP contribution in [0.2, 0.25) is 5.02 Å². The first-order valence-corrected chi connectivity index (χ1v) is 7.97. The Morgan fingerprint density at radius 1 is 1.32 bits per heavy atom. The van der Waals surface area contributed by atoms with Crippen LogP contribution in [0.4, 0.5) is 5.13 Å². The average Bonchev–Trinajstić information content (AvgIpc) is 2.88. The highest BCUT2D eigenvalue weighted by molar-refractivity contribution is 7.13. The normalized spacial score (nSPS) is 10.3. The summed E-state index contributed by atoms with van der Waals surface area (Å²) < 4.78 is 4.85. The van der Waals surface area contributed by atoms with Crippen LogP contribution in [0.1, 0.15) is 18.2 Å². The molecule has 1 aromatic heterocycles. The number of halogens is 1. The van der Waals surface area contributed by atoms with Crippen LogP contribution in [-0.4, -0.2) is 23.5 Å². The molecule has 2 aromatic rings. The van der Waals surface area contributed by atoms with E-state index in [-0.39, 0.29) is 24.7 Å². The SMILES string of the molecule is CCOC(=O)Cc1csc(NC(=O)Cc2ccccc2Cl)n1. The zero-order chi connectivity index (χ0) is 15.9. The standard InChI is InChI=1S/C15H15ClN2O3S/c1-2-21-14(20)8-11-9-22-15(17-11)18-13(19)7-10-5-3-4-6-12(10)16/h3-6,9H,2,7-8H2,1H3,(H,17,18,19). The summed E-state index contributed by atoms with van der Waals surface area (Å²) in [5.74, 6) is -0.535. The first-order chi connectivity index (χ1) is 10.6. The number of benzene rings is 1. The summed E-state index contributed by atoms with van der Waals surface area (Å²) in [6.07, 6.45) is 0.275. The van der Waals surface area contributed by atoms with Crippen molar-refractivity contribution in [2.24, 2.45) is 0 Å². The van der Waals surface area contributed by atoms with Crippen molar-refractivity contribution in [3.05, 3.63) is 45.9 Å². The van der Waals surface area contributed by atoms with E-state index in [0.717, 1.165) is 5.56 Å². The lowest BCUT2D eigenvalue weighted by molar-refractivity contribution is -0.142. The van der Waals surface area contributed by atoms with Gasteiger partial charge in [0.2, 0.25) is 5.91 Å². The zero-order valence-electron chi connectivity index (χ0n) is 12.0. The van der Waals surface area contributed by atoms with Crippen LogP contribution in [-0.2, 0) is 27.2 Å². The van der Waals surface area contributed by atoms with Crippen molar-refractivity contribution in [3.8, 4) is 0 Å². The molecule has 1 heterocycles. The minimum Gasteiger partial charge on any atom is -0.466 e. The third kappa shape index (κ3) is 4.82. The van der Waals surface area contributed by atoms with Gasteiger partial charge in [-0.15, -0.1) is 11.3 Å².